The van der Waals surface area contributed by atoms with Crippen molar-refractivity contribution in [3.05, 3.63) is 22.4 Å². The maximum atomic E-state index is 12.0. The standard InChI is InChI=1S/C11H17Cl2N3O2S/c1-3-16(4-2)6-5-15-19(17,18)9-7-10(12)11(13)14-8-9/h7-8,15H,3-6H2,1-2H3. The Morgan fingerprint density at radius 2 is 1.95 bits per heavy atom. The minimum Gasteiger partial charge on any atom is -0.303 e. The number of halogens is 2. The molecule has 1 aromatic rings. The molecule has 1 rings (SSSR count). The van der Waals surface area contributed by atoms with E-state index in [1.165, 1.54) is 12.3 Å². The van der Waals surface area contributed by atoms with Gasteiger partial charge in [-0.3, -0.25) is 0 Å². The Balaban J connectivity index is 2.68. The molecule has 0 spiro atoms. The molecule has 0 aliphatic carbocycles. The molecule has 5 nitrogen and oxygen atoms in total. The quantitative estimate of drug-likeness (QED) is 0.779. The smallest absolute Gasteiger partial charge is 0.242 e. The maximum absolute atomic E-state index is 12.0. The highest BCUT2D eigenvalue weighted by molar-refractivity contribution is 7.89. The molecule has 0 saturated carbocycles. The van der Waals surface area contributed by atoms with Crippen LogP contribution in [0.1, 0.15) is 13.8 Å². The van der Waals surface area contributed by atoms with Gasteiger partial charge in [-0.15, -0.1) is 0 Å². The third-order valence-corrected chi connectivity index (χ3v) is 4.81. The highest BCUT2D eigenvalue weighted by atomic mass is 35.5. The zero-order valence-electron chi connectivity index (χ0n) is 10.9. The van der Waals surface area contributed by atoms with E-state index in [2.05, 4.69) is 14.6 Å². The number of nitrogens with zero attached hydrogens (tertiary/aromatic N) is 2. The molecule has 0 aliphatic heterocycles. The van der Waals surface area contributed by atoms with Crippen LogP contribution in [0, 0.1) is 0 Å². The monoisotopic (exact) mass is 325 g/mol. The van der Waals surface area contributed by atoms with Crippen LogP contribution in [0.2, 0.25) is 10.2 Å². The van der Waals surface area contributed by atoms with E-state index in [1.807, 2.05) is 13.8 Å². The molecule has 0 amide bonds. The fourth-order valence-corrected chi connectivity index (χ4v) is 2.84. The van der Waals surface area contributed by atoms with E-state index in [9.17, 15) is 8.42 Å². The van der Waals surface area contributed by atoms with Crippen molar-refractivity contribution in [1.29, 1.82) is 0 Å². The summed E-state index contributed by atoms with van der Waals surface area (Å²) in [6.45, 7) is 6.81. The molecule has 108 valence electrons. The molecule has 0 fully saturated rings. The van der Waals surface area contributed by atoms with E-state index in [0.29, 0.717) is 13.1 Å². The lowest BCUT2D eigenvalue weighted by Gasteiger charge is -2.17. The summed E-state index contributed by atoms with van der Waals surface area (Å²) in [5, 5.41) is 0.206. The summed E-state index contributed by atoms with van der Waals surface area (Å²) >= 11 is 11.4. The predicted molar refractivity (Wildman–Crippen MR) is 77.2 cm³/mol. The van der Waals surface area contributed by atoms with Crippen molar-refractivity contribution in [2.75, 3.05) is 26.2 Å². The summed E-state index contributed by atoms with van der Waals surface area (Å²) in [7, 11) is -3.59. The summed E-state index contributed by atoms with van der Waals surface area (Å²) in [5.41, 5.74) is 0. The fraction of sp³-hybridized carbons (Fsp3) is 0.545. The molecule has 0 aromatic carbocycles. The minimum atomic E-state index is -3.59. The summed E-state index contributed by atoms with van der Waals surface area (Å²) < 4.78 is 26.5. The van der Waals surface area contributed by atoms with Crippen LogP contribution in [0.25, 0.3) is 0 Å². The van der Waals surface area contributed by atoms with Gasteiger partial charge in [0.2, 0.25) is 10.0 Å². The molecule has 0 bridgehead atoms. The molecule has 1 heterocycles. The van der Waals surface area contributed by atoms with Gasteiger partial charge < -0.3 is 4.90 Å². The van der Waals surface area contributed by atoms with Gasteiger partial charge >= 0.3 is 0 Å². The van der Waals surface area contributed by atoms with Crippen molar-refractivity contribution in [1.82, 2.24) is 14.6 Å². The van der Waals surface area contributed by atoms with Crippen molar-refractivity contribution in [3.8, 4) is 0 Å². The molecular weight excluding hydrogens is 309 g/mol. The van der Waals surface area contributed by atoms with E-state index in [4.69, 9.17) is 23.2 Å². The Morgan fingerprint density at radius 1 is 1.32 bits per heavy atom. The SMILES string of the molecule is CCN(CC)CCNS(=O)(=O)c1cnc(Cl)c(Cl)c1. The van der Waals surface area contributed by atoms with Crippen LogP contribution in [0.3, 0.4) is 0 Å². The highest BCUT2D eigenvalue weighted by Gasteiger charge is 2.16. The molecule has 19 heavy (non-hydrogen) atoms. The fourth-order valence-electron chi connectivity index (χ4n) is 1.51. The van der Waals surface area contributed by atoms with Gasteiger partial charge in [0.05, 0.1) is 5.02 Å². The van der Waals surface area contributed by atoms with E-state index >= 15 is 0 Å². The normalized spacial score (nSPS) is 12.1. The predicted octanol–water partition coefficient (Wildman–Crippen LogP) is 2.01. The topological polar surface area (TPSA) is 62.3 Å². The number of nitrogens with one attached hydrogen (secondary N) is 1. The first kappa shape index (κ1) is 16.7. The van der Waals surface area contributed by atoms with Gasteiger partial charge in [0.1, 0.15) is 10.0 Å². The summed E-state index contributed by atoms with van der Waals surface area (Å²) in [6, 6.07) is 1.29. The van der Waals surface area contributed by atoms with Gasteiger partial charge in [0.15, 0.2) is 0 Å². The largest absolute Gasteiger partial charge is 0.303 e. The Morgan fingerprint density at radius 3 is 2.47 bits per heavy atom. The molecular formula is C11H17Cl2N3O2S. The Hall–Kier alpha value is -0.400. The number of likely N-dealkylation sites (N-methyl/N-ethyl adjacent to an activating group) is 1. The first-order valence-corrected chi connectivity index (χ1v) is 8.17. The maximum Gasteiger partial charge on any atom is 0.242 e. The van der Waals surface area contributed by atoms with E-state index in [0.717, 1.165) is 13.1 Å². The number of hydrogen-bond donors (Lipinski definition) is 1. The van der Waals surface area contributed by atoms with E-state index < -0.39 is 10.0 Å². The summed E-state index contributed by atoms with van der Waals surface area (Å²) in [4.78, 5) is 5.86. The zero-order chi connectivity index (χ0) is 14.5. The van der Waals surface area contributed by atoms with Crippen molar-refractivity contribution < 1.29 is 8.42 Å². The van der Waals surface area contributed by atoms with Crippen LogP contribution in [-0.4, -0.2) is 44.5 Å². The third kappa shape index (κ3) is 4.89. The lowest BCUT2D eigenvalue weighted by Crippen LogP contribution is -2.34. The van der Waals surface area contributed by atoms with Crippen LogP contribution in [-0.2, 0) is 10.0 Å². The lowest BCUT2D eigenvalue weighted by molar-refractivity contribution is 0.309. The van der Waals surface area contributed by atoms with Gasteiger partial charge in [-0.1, -0.05) is 37.0 Å². The molecule has 8 heteroatoms. The lowest BCUT2D eigenvalue weighted by atomic mass is 10.5. The minimum absolute atomic E-state index is 0.0152. The van der Waals surface area contributed by atoms with E-state index in [1.54, 1.807) is 0 Å². The highest BCUT2D eigenvalue weighted by Crippen LogP contribution is 2.21. The van der Waals surface area contributed by atoms with Crippen LogP contribution in [0.15, 0.2) is 17.2 Å². The summed E-state index contributed by atoms with van der Waals surface area (Å²) in [5.74, 6) is 0. The van der Waals surface area contributed by atoms with Gasteiger partial charge in [-0.2, -0.15) is 0 Å². The summed E-state index contributed by atoms with van der Waals surface area (Å²) in [6.07, 6.45) is 1.19. The van der Waals surface area contributed by atoms with Gasteiger partial charge in [0.25, 0.3) is 0 Å². The van der Waals surface area contributed by atoms with Gasteiger partial charge in [-0.25, -0.2) is 18.1 Å². The molecule has 1 N–H and O–H groups in total. The van der Waals surface area contributed by atoms with Crippen LogP contribution in [0.4, 0.5) is 0 Å². The van der Waals surface area contributed by atoms with Gasteiger partial charge in [0, 0.05) is 19.3 Å². The molecule has 0 atom stereocenters. The Labute approximate surface area is 124 Å². The number of rotatable bonds is 7. The molecule has 1 aromatic heterocycles. The second-order valence-electron chi connectivity index (χ2n) is 3.87. The second kappa shape index (κ2) is 7.40. The molecule has 0 aliphatic rings. The zero-order valence-corrected chi connectivity index (χ0v) is 13.2. The first-order chi connectivity index (χ1) is 8.90. The van der Waals surface area contributed by atoms with Crippen LogP contribution < -0.4 is 4.72 Å². The van der Waals surface area contributed by atoms with Crippen molar-refractivity contribution >= 4 is 33.2 Å². The average Bonchev–Trinajstić information content (AvgIpc) is 2.37. The van der Waals surface area contributed by atoms with Gasteiger partial charge in [-0.05, 0) is 19.2 Å². The second-order valence-corrected chi connectivity index (χ2v) is 6.40. The molecule has 0 saturated heterocycles. The number of aromatic nitrogens is 1. The van der Waals surface area contributed by atoms with Crippen molar-refractivity contribution in [2.45, 2.75) is 18.7 Å². The van der Waals surface area contributed by atoms with Crippen molar-refractivity contribution in [3.63, 3.8) is 0 Å². The van der Waals surface area contributed by atoms with Crippen LogP contribution in [0.5, 0.6) is 0 Å². The number of sulfonamides is 1. The van der Waals surface area contributed by atoms with Crippen LogP contribution >= 0.6 is 23.2 Å². The number of hydrogen-bond acceptors (Lipinski definition) is 4. The van der Waals surface area contributed by atoms with Crippen molar-refractivity contribution in [2.24, 2.45) is 0 Å². The Kier molecular flexibility index (Phi) is 6.49. The number of pyridine rings is 1. The third-order valence-electron chi connectivity index (χ3n) is 2.70. The Bertz CT molecular complexity index is 519. The molecule has 0 unspecified atom stereocenters. The average molecular weight is 326 g/mol. The first-order valence-electron chi connectivity index (χ1n) is 5.93. The van der Waals surface area contributed by atoms with E-state index in [-0.39, 0.29) is 15.1 Å². The molecule has 0 radical (unpaired) electrons.